The summed E-state index contributed by atoms with van der Waals surface area (Å²) < 4.78 is 0. The third kappa shape index (κ3) is 1.12. The maximum absolute atomic E-state index is 4.56. The van der Waals surface area contributed by atoms with Gasteiger partial charge >= 0.3 is 0 Å². The highest BCUT2D eigenvalue weighted by atomic mass is 14.9. The lowest BCUT2D eigenvalue weighted by Crippen LogP contribution is -1.77. The van der Waals surface area contributed by atoms with Gasteiger partial charge in [0.15, 0.2) is 0 Å². The van der Waals surface area contributed by atoms with Crippen LogP contribution in [0.15, 0.2) is 54.7 Å². The van der Waals surface area contributed by atoms with Crippen LogP contribution in [0.4, 0.5) is 0 Å². The van der Waals surface area contributed by atoms with Crippen LogP contribution in [0.5, 0.6) is 0 Å². The van der Waals surface area contributed by atoms with Gasteiger partial charge in [0, 0.05) is 32.6 Å². The van der Waals surface area contributed by atoms with Crippen LogP contribution in [0.3, 0.4) is 0 Å². The Labute approximate surface area is 114 Å². The SMILES string of the molecule is c1ccc2c(c1)[nH]c1cnc3[nH]c4ccccc4c3c12. The first-order valence-electron chi connectivity index (χ1n) is 6.68. The van der Waals surface area contributed by atoms with Crippen LogP contribution in [0.1, 0.15) is 0 Å². The van der Waals surface area contributed by atoms with Crippen LogP contribution in [-0.2, 0) is 0 Å². The molecule has 2 N–H and O–H groups in total. The van der Waals surface area contributed by atoms with Crippen LogP contribution >= 0.6 is 0 Å². The highest BCUT2D eigenvalue weighted by molar-refractivity contribution is 6.26. The molecule has 3 heteroatoms. The molecular formula is C17H11N3. The molecule has 0 aliphatic carbocycles. The second-order valence-corrected chi connectivity index (χ2v) is 5.11. The largest absolute Gasteiger partial charge is 0.353 e. The van der Waals surface area contributed by atoms with E-state index in [1.165, 1.54) is 21.5 Å². The highest BCUT2D eigenvalue weighted by Crippen LogP contribution is 2.35. The monoisotopic (exact) mass is 257 g/mol. The number of nitrogens with zero attached hydrogens (tertiary/aromatic N) is 1. The summed E-state index contributed by atoms with van der Waals surface area (Å²) in [5.41, 5.74) is 4.32. The van der Waals surface area contributed by atoms with E-state index in [4.69, 9.17) is 0 Å². The number of hydrogen-bond donors (Lipinski definition) is 2. The number of benzene rings is 2. The fraction of sp³-hybridized carbons (Fsp3) is 0. The molecule has 0 saturated heterocycles. The van der Waals surface area contributed by atoms with Gasteiger partial charge in [0.25, 0.3) is 0 Å². The quantitative estimate of drug-likeness (QED) is 0.425. The minimum Gasteiger partial charge on any atom is -0.353 e. The maximum atomic E-state index is 4.56. The summed E-state index contributed by atoms with van der Waals surface area (Å²) in [6.07, 6.45) is 1.91. The molecule has 0 aliphatic rings. The number of aromatic amines is 2. The second-order valence-electron chi connectivity index (χ2n) is 5.11. The second kappa shape index (κ2) is 3.39. The zero-order valence-electron chi connectivity index (χ0n) is 10.6. The summed E-state index contributed by atoms with van der Waals surface area (Å²) in [5.74, 6) is 0. The molecule has 0 spiro atoms. The zero-order valence-corrected chi connectivity index (χ0v) is 10.6. The van der Waals surface area contributed by atoms with Crippen molar-refractivity contribution >= 4 is 43.7 Å². The van der Waals surface area contributed by atoms with E-state index < -0.39 is 0 Å². The van der Waals surface area contributed by atoms with E-state index in [0.29, 0.717) is 0 Å². The molecule has 0 saturated carbocycles. The lowest BCUT2D eigenvalue weighted by molar-refractivity contribution is 1.35. The predicted octanol–water partition coefficient (Wildman–Crippen LogP) is 4.35. The molecule has 2 aromatic carbocycles. The van der Waals surface area contributed by atoms with Crippen LogP contribution in [0, 0.1) is 0 Å². The van der Waals surface area contributed by atoms with E-state index in [0.717, 1.165) is 22.2 Å². The van der Waals surface area contributed by atoms with Gasteiger partial charge in [0.2, 0.25) is 0 Å². The number of fused-ring (bicyclic) bond motifs is 7. The Morgan fingerprint density at radius 2 is 1.30 bits per heavy atom. The molecule has 20 heavy (non-hydrogen) atoms. The van der Waals surface area contributed by atoms with E-state index in [9.17, 15) is 0 Å². The van der Waals surface area contributed by atoms with Crippen molar-refractivity contribution in [2.45, 2.75) is 0 Å². The van der Waals surface area contributed by atoms with Gasteiger partial charge in [0.1, 0.15) is 5.65 Å². The van der Waals surface area contributed by atoms with Crippen molar-refractivity contribution in [3.8, 4) is 0 Å². The van der Waals surface area contributed by atoms with E-state index in [1.807, 2.05) is 12.3 Å². The normalized spacial score (nSPS) is 12.0. The first-order valence-corrected chi connectivity index (χ1v) is 6.68. The van der Waals surface area contributed by atoms with Gasteiger partial charge in [-0.25, -0.2) is 4.98 Å². The fourth-order valence-corrected chi connectivity index (χ4v) is 3.14. The van der Waals surface area contributed by atoms with E-state index >= 15 is 0 Å². The summed E-state index contributed by atoms with van der Waals surface area (Å²) in [7, 11) is 0. The lowest BCUT2D eigenvalue weighted by atomic mass is 10.1. The summed E-state index contributed by atoms with van der Waals surface area (Å²) in [6.45, 7) is 0. The highest BCUT2D eigenvalue weighted by Gasteiger charge is 2.12. The van der Waals surface area contributed by atoms with Crippen molar-refractivity contribution in [3.63, 3.8) is 0 Å². The molecule has 0 amide bonds. The summed E-state index contributed by atoms with van der Waals surface area (Å²) in [5, 5.41) is 4.93. The van der Waals surface area contributed by atoms with Crippen molar-refractivity contribution in [3.05, 3.63) is 54.7 Å². The van der Waals surface area contributed by atoms with Crippen molar-refractivity contribution in [2.75, 3.05) is 0 Å². The molecule has 0 bridgehead atoms. The number of H-pyrrole nitrogens is 2. The van der Waals surface area contributed by atoms with Crippen LogP contribution in [-0.4, -0.2) is 15.0 Å². The molecule has 5 rings (SSSR count). The Hall–Kier alpha value is -2.81. The number of rotatable bonds is 0. The Morgan fingerprint density at radius 3 is 2.10 bits per heavy atom. The van der Waals surface area contributed by atoms with Gasteiger partial charge in [-0.2, -0.15) is 0 Å². The molecule has 0 unspecified atom stereocenters. The van der Waals surface area contributed by atoms with Gasteiger partial charge in [0.05, 0.1) is 11.7 Å². The summed E-state index contributed by atoms with van der Waals surface area (Å²) in [6, 6.07) is 16.8. The molecule has 3 heterocycles. The molecule has 0 atom stereocenters. The number of aromatic nitrogens is 3. The molecule has 3 nitrogen and oxygen atoms in total. The number of hydrogen-bond acceptors (Lipinski definition) is 1. The maximum Gasteiger partial charge on any atom is 0.139 e. The minimum absolute atomic E-state index is 0.948. The third-order valence-corrected chi connectivity index (χ3v) is 3.99. The Bertz CT molecular complexity index is 1010. The predicted molar refractivity (Wildman–Crippen MR) is 83.0 cm³/mol. The van der Waals surface area contributed by atoms with Crippen molar-refractivity contribution < 1.29 is 0 Å². The molecule has 94 valence electrons. The fourth-order valence-electron chi connectivity index (χ4n) is 3.14. The van der Waals surface area contributed by atoms with E-state index in [-0.39, 0.29) is 0 Å². The number of para-hydroxylation sites is 2. The van der Waals surface area contributed by atoms with Gasteiger partial charge in [-0.3, -0.25) is 0 Å². The molecule has 5 aromatic rings. The van der Waals surface area contributed by atoms with Gasteiger partial charge in [-0.05, 0) is 12.1 Å². The van der Waals surface area contributed by atoms with Gasteiger partial charge in [-0.1, -0.05) is 36.4 Å². The standard InChI is InChI=1S/C17H11N3/c1-3-7-12-10(5-1)15-14(19-12)9-18-17-16(15)11-6-2-4-8-13(11)20-17/h1-9,19H,(H,18,20). The van der Waals surface area contributed by atoms with Gasteiger partial charge in [-0.15, -0.1) is 0 Å². The van der Waals surface area contributed by atoms with E-state index in [1.54, 1.807) is 0 Å². The Morgan fingerprint density at radius 1 is 0.650 bits per heavy atom. The van der Waals surface area contributed by atoms with Crippen molar-refractivity contribution in [1.82, 2.24) is 15.0 Å². The zero-order chi connectivity index (χ0) is 13.1. The smallest absolute Gasteiger partial charge is 0.139 e. The average molecular weight is 257 g/mol. The Kier molecular flexibility index (Phi) is 1.70. The van der Waals surface area contributed by atoms with Crippen molar-refractivity contribution in [1.29, 1.82) is 0 Å². The third-order valence-electron chi connectivity index (χ3n) is 3.99. The van der Waals surface area contributed by atoms with Crippen LogP contribution < -0.4 is 0 Å². The molecular weight excluding hydrogens is 246 g/mol. The van der Waals surface area contributed by atoms with Gasteiger partial charge < -0.3 is 9.97 Å². The molecule has 0 fully saturated rings. The molecule has 3 aromatic heterocycles. The molecule has 0 aliphatic heterocycles. The van der Waals surface area contributed by atoms with Crippen LogP contribution in [0.25, 0.3) is 43.7 Å². The number of nitrogens with one attached hydrogen (secondary N) is 2. The average Bonchev–Trinajstić information content (AvgIpc) is 3.04. The van der Waals surface area contributed by atoms with E-state index in [2.05, 4.69) is 57.4 Å². The summed E-state index contributed by atoms with van der Waals surface area (Å²) in [4.78, 5) is 11.4. The molecule has 0 radical (unpaired) electrons. The summed E-state index contributed by atoms with van der Waals surface area (Å²) >= 11 is 0. The Balaban J connectivity index is 2.19. The first kappa shape index (κ1) is 10.0. The lowest BCUT2D eigenvalue weighted by Gasteiger charge is -1.95. The number of pyridine rings is 1. The van der Waals surface area contributed by atoms with Crippen LogP contribution in [0.2, 0.25) is 0 Å². The first-order chi connectivity index (χ1) is 9.92. The minimum atomic E-state index is 0.948. The van der Waals surface area contributed by atoms with Crippen molar-refractivity contribution in [2.24, 2.45) is 0 Å². The topological polar surface area (TPSA) is 44.5 Å².